The first kappa shape index (κ1) is 18.9. The molecular weight excluding hydrogens is 374 g/mol. The minimum atomic E-state index is -0.590. The van der Waals surface area contributed by atoms with Crippen molar-refractivity contribution in [2.45, 2.75) is 46.2 Å². The molecule has 0 radical (unpaired) electrons. The van der Waals surface area contributed by atoms with Gasteiger partial charge in [-0.15, -0.1) is 0 Å². The highest BCUT2D eigenvalue weighted by Gasteiger charge is 2.30. The number of amides is 1. The monoisotopic (exact) mass is 397 g/mol. The lowest BCUT2D eigenvalue weighted by molar-refractivity contribution is 0.0944. The molecule has 3 heterocycles. The minimum absolute atomic E-state index is 0.0492. The maximum atomic E-state index is 13.2. The van der Waals surface area contributed by atoms with Crippen molar-refractivity contribution in [2.75, 3.05) is 5.73 Å². The van der Waals surface area contributed by atoms with Crippen molar-refractivity contribution in [3.8, 4) is 17.1 Å². The van der Waals surface area contributed by atoms with Crippen molar-refractivity contribution < 1.29 is 9.90 Å². The summed E-state index contributed by atoms with van der Waals surface area (Å²) in [5, 5.41) is 17.9. The maximum absolute atomic E-state index is 13.2. The van der Waals surface area contributed by atoms with Crippen LogP contribution in [0.2, 0.25) is 0 Å². The van der Waals surface area contributed by atoms with Gasteiger partial charge in [-0.25, -0.2) is 9.97 Å². The van der Waals surface area contributed by atoms with E-state index in [1.54, 1.807) is 6.07 Å². The number of rotatable bonds is 4. The third-order valence-electron chi connectivity index (χ3n) is 4.59. The number of hydrogen-bond donors (Lipinski definition) is 3. The van der Waals surface area contributed by atoms with Crippen LogP contribution >= 0.6 is 0 Å². The van der Waals surface area contributed by atoms with Crippen molar-refractivity contribution in [1.29, 1.82) is 0 Å². The summed E-state index contributed by atoms with van der Waals surface area (Å²) >= 11 is 0. The average molecular weight is 397 g/mol. The van der Waals surface area contributed by atoms with Gasteiger partial charge < -0.3 is 16.2 Å². The number of hydrogen-bond acceptors (Lipinski definition) is 7. The van der Waals surface area contributed by atoms with Gasteiger partial charge in [0.2, 0.25) is 11.8 Å². The van der Waals surface area contributed by atoms with Crippen LogP contribution in [0.3, 0.4) is 0 Å². The summed E-state index contributed by atoms with van der Waals surface area (Å²) in [6, 6.07) is 1.71. The summed E-state index contributed by atoms with van der Waals surface area (Å²) in [6.07, 6.45) is 4.75. The van der Waals surface area contributed by atoms with Gasteiger partial charge in [0, 0.05) is 36.6 Å². The lowest BCUT2D eigenvalue weighted by Crippen LogP contribution is -2.37. The Morgan fingerprint density at radius 3 is 2.55 bits per heavy atom. The summed E-state index contributed by atoms with van der Waals surface area (Å²) in [5.74, 6) is -0.951. The zero-order valence-electron chi connectivity index (χ0n) is 16.5. The molecule has 0 saturated heterocycles. The van der Waals surface area contributed by atoms with E-state index in [0.717, 1.165) is 12.8 Å². The van der Waals surface area contributed by atoms with Gasteiger partial charge in [0.1, 0.15) is 5.65 Å². The fraction of sp³-hybridized carbons (Fsp3) is 0.421. The quantitative estimate of drug-likeness (QED) is 0.600. The smallest absolute Gasteiger partial charge is 0.270 e. The van der Waals surface area contributed by atoms with E-state index in [1.165, 1.54) is 21.5 Å². The number of aromatic nitrogens is 5. The van der Waals surface area contributed by atoms with Crippen molar-refractivity contribution in [3.63, 3.8) is 0 Å². The van der Waals surface area contributed by atoms with Crippen LogP contribution in [0.4, 0.5) is 5.95 Å². The number of carbonyl (C=O) groups is 1. The van der Waals surface area contributed by atoms with Gasteiger partial charge in [-0.1, -0.05) is 20.8 Å². The molecule has 0 atom stereocenters. The highest BCUT2D eigenvalue weighted by Crippen LogP contribution is 2.26. The number of nitrogens with two attached hydrogens (primary N) is 1. The molecule has 10 nitrogen and oxygen atoms in total. The standard InChI is InChI=1S/C19H23N7O3/c1-19(2,3)9-25-13-6-12(10-7-21-18(20)22-8-10)24-26(13)17(29)14(16(25)28)15(27)23-11-4-5-11/h6-8,11,29H,4-5,9H2,1-3H3,(H,23,27)(H2,20,21,22). The second-order valence-corrected chi connectivity index (χ2v) is 8.53. The maximum Gasteiger partial charge on any atom is 0.270 e. The molecule has 10 heteroatoms. The fourth-order valence-electron chi connectivity index (χ4n) is 3.08. The molecule has 0 unspecified atom stereocenters. The first-order chi connectivity index (χ1) is 13.6. The highest BCUT2D eigenvalue weighted by atomic mass is 16.3. The van der Waals surface area contributed by atoms with E-state index in [2.05, 4.69) is 20.4 Å². The van der Waals surface area contributed by atoms with Crippen LogP contribution in [0.5, 0.6) is 5.88 Å². The van der Waals surface area contributed by atoms with Gasteiger partial charge in [0.15, 0.2) is 5.56 Å². The van der Waals surface area contributed by atoms with Crippen molar-refractivity contribution >= 4 is 17.5 Å². The number of aromatic hydroxyl groups is 1. The molecule has 0 aliphatic heterocycles. The lowest BCUT2D eigenvalue weighted by Gasteiger charge is -2.21. The number of carbonyl (C=O) groups excluding carboxylic acids is 1. The van der Waals surface area contributed by atoms with E-state index in [0.29, 0.717) is 23.4 Å². The Balaban J connectivity index is 1.93. The van der Waals surface area contributed by atoms with Crippen LogP contribution in [0.1, 0.15) is 44.0 Å². The lowest BCUT2D eigenvalue weighted by atomic mass is 9.97. The van der Waals surface area contributed by atoms with Crippen LogP contribution < -0.4 is 16.6 Å². The van der Waals surface area contributed by atoms with Crippen molar-refractivity contribution in [1.82, 2.24) is 29.5 Å². The van der Waals surface area contributed by atoms with Crippen LogP contribution in [-0.4, -0.2) is 41.2 Å². The van der Waals surface area contributed by atoms with Gasteiger partial charge >= 0.3 is 0 Å². The number of nitrogen functional groups attached to an aromatic ring is 1. The van der Waals surface area contributed by atoms with Crippen LogP contribution in [0, 0.1) is 5.41 Å². The van der Waals surface area contributed by atoms with Gasteiger partial charge in [0.05, 0.1) is 5.69 Å². The zero-order chi connectivity index (χ0) is 20.9. The summed E-state index contributed by atoms with van der Waals surface area (Å²) in [5.41, 5.74) is 5.82. The van der Waals surface area contributed by atoms with Crippen LogP contribution in [-0.2, 0) is 6.54 Å². The predicted molar refractivity (Wildman–Crippen MR) is 106 cm³/mol. The van der Waals surface area contributed by atoms with Gasteiger partial charge in [-0.2, -0.15) is 9.61 Å². The highest BCUT2D eigenvalue weighted by molar-refractivity contribution is 5.96. The normalized spacial score (nSPS) is 14.3. The molecule has 1 amide bonds. The van der Waals surface area contributed by atoms with Gasteiger partial charge in [-0.05, 0) is 18.3 Å². The topological polar surface area (TPSA) is 140 Å². The minimum Gasteiger partial charge on any atom is -0.492 e. The largest absolute Gasteiger partial charge is 0.492 e. The van der Waals surface area contributed by atoms with Crippen LogP contribution in [0.15, 0.2) is 23.3 Å². The molecule has 0 aromatic carbocycles. The molecule has 1 aliphatic carbocycles. The molecule has 1 fully saturated rings. The first-order valence-corrected chi connectivity index (χ1v) is 9.38. The van der Waals surface area contributed by atoms with E-state index in [1.807, 2.05) is 20.8 Å². The van der Waals surface area contributed by atoms with Gasteiger partial charge in [-0.3, -0.25) is 14.2 Å². The molecule has 0 bridgehead atoms. The molecule has 29 heavy (non-hydrogen) atoms. The summed E-state index contributed by atoms with van der Waals surface area (Å²) in [4.78, 5) is 33.7. The Hall–Kier alpha value is -3.43. The summed E-state index contributed by atoms with van der Waals surface area (Å²) in [6.45, 7) is 6.29. The molecule has 1 saturated carbocycles. The third kappa shape index (κ3) is 3.65. The van der Waals surface area contributed by atoms with E-state index in [-0.39, 0.29) is 23.0 Å². The Labute approximate surface area is 166 Å². The zero-order valence-corrected chi connectivity index (χ0v) is 16.5. The number of nitrogens with one attached hydrogen (secondary N) is 1. The molecule has 3 aromatic heterocycles. The van der Waals surface area contributed by atoms with E-state index in [4.69, 9.17) is 5.73 Å². The predicted octanol–water partition coefficient (Wildman–Crippen LogP) is 1.18. The molecule has 152 valence electrons. The molecule has 3 aromatic rings. The summed E-state index contributed by atoms with van der Waals surface area (Å²) in [7, 11) is 0. The Bertz CT molecular complexity index is 1150. The first-order valence-electron chi connectivity index (χ1n) is 9.38. The van der Waals surface area contributed by atoms with E-state index in [9.17, 15) is 14.7 Å². The van der Waals surface area contributed by atoms with E-state index >= 15 is 0 Å². The fourth-order valence-corrected chi connectivity index (χ4v) is 3.08. The molecule has 4 N–H and O–H groups in total. The number of fused-ring (bicyclic) bond motifs is 1. The average Bonchev–Trinajstić information content (AvgIpc) is 3.33. The second-order valence-electron chi connectivity index (χ2n) is 8.53. The number of nitrogens with zero attached hydrogens (tertiary/aromatic N) is 5. The van der Waals surface area contributed by atoms with Crippen molar-refractivity contribution in [3.05, 3.63) is 34.4 Å². The third-order valence-corrected chi connectivity index (χ3v) is 4.59. The van der Waals surface area contributed by atoms with Crippen LogP contribution in [0.25, 0.3) is 16.9 Å². The second kappa shape index (κ2) is 6.57. The van der Waals surface area contributed by atoms with Gasteiger partial charge in [0.25, 0.3) is 11.5 Å². The molecular formula is C19H23N7O3. The Morgan fingerprint density at radius 2 is 1.97 bits per heavy atom. The molecule has 0 spiro atoms. The molecule has 4 rings (SSSR count). The summed E-state index contributed by atoms with van der Waals surface area (Å²) < 4.78 is 2.68. The van der Waals surface area contributed by atoms with Crippen molar-refractivity contribution in [2.24, 2.45) is 5.41 Å². The molecule has 1 aliphatic rings. The number of anilines is 1. The van der Waals surface area contributed by atoms with E-state index < -0.39 is 17.3 Å². The Morgan fingerprint density at radius 1 is 1.31 bits per heavy atom. The SMILES string of the molecule is CC(C)(C)Cn1c(=O)c(C(=O)NC2CC2)c(O)n2nc(-c3cnc(N)nc3)cc12. The Kier molecular flexibility index (Phi) is 4.29.